The Balaban J connectivity index is 2.26. The molecule has 0 aliphatic carbocycles. The fraction of sp³-hybridized carbons (Fsp3) is 0.211. The second kappa shape index (κ2) is 6.45. The molecule has 2 aromatic rings. The minimum absolute atomic E-state index is 0.221. The summed E-state index contributed by atoms with van der Waals surface area (Å²) >= 11 is 0. The smallest absolute Gasteiger partial charge is 0.255 e. The van der Waals surface area contributed by atoms with Crippen molar-refractivity contribution in [1.82, 2.24) is 0 Å². The number of anilines is 1. The lowest BCUT2D eigenvalue weighted by Gasteiger charge is -2.17. The van der Waals surface area contributed by atoms with E-state index in [-0.39, 0.29) is 5.91 Å². The number of rotatable bonds is 4. The molecule has 0 unspecified atom stereocenters. The van der Waals surface area contributed by atoms with Crippen LogP contribution in [0.1, 0.15) is 35.3 Å². The lowest BCUT2D eigenvalue weighted by atomic mass is 9.86. The molecule has 0 saturated carbocycles. The maximum atomic E-state index is 12.4. The Labute approximate surface area is 136 Å². The lowest BCUT2D eigenvalue weighted by Crippen LogP contribution is -2.16. The van der Waals surface area contributed by atoms with Gasteiger partial charge in [0.1, 0.15) is 0 Å². The van der Waals surface area contributed by atoms with Crippen LogP contribution in [-0.2, 0) is 5.41 Å². The van der Waals surface area contributed by atoms with E-state index in [1.54, 1.807) is 18.2 Å². The largest absolute Gasteiger partial charge is 0.322 e. The molecule has 23 heavy (non-hydrogen) atoms. The van der Waals surface area contributed by atoms with Crippen LogP contribution in [0.2, 0.25) is 0 Å². The molecule has 0 aliphatic heterocycles. The van der Waals surface area contributed by atoms with E-state index in [2.05, 4.69) is 23.1 Å². The molecule has 4 nitrogen and oxygen atoms in total. The predicted molar refractivity (Wildman–Crippen MR) is 93.4 cm³/mol. The van der Waals surface area contributed by atoms with Gasteiger partial charge in [-0.05, 0) is 62.9 Å². The lowest BCUT2D eigenvalue weighted by molar-refractivity contribution is 0.102. The number of nitrogens with zero attached hydrogens (tertiary/aromatic N) is 2. The zero-order chi connectivity index (χ0) is 17.0. The Morgan fingerprint density at radius 2 is 2.00 bits per heavy atom. The average Bonchev–Trinajstić information content (AvgIpc) is 2.55. The zero-order valence-corrected chi connectivity index (χ0v) is 13.6. The Kier molecular flexibility index (Phi) is 4.61. The summed E-state index contributed by atoms with van der Waals surface area (Å²) in [7, 11) is 0. The van der Waals surface area contributed by atoms with E-state index in [0.29, 0.717) is 16.9 Å². The summed E-state index contributed by atoms with van der Waals surface area (Å²) < 4.78 is 0. The van der Waals surface area contributed by atoms with Crippen molar-refractivity contribution in [3.05, 3.63) is 59.2 Å². The SMILES string of the molecule is C=Nc1cc(C(=O)Nc2cccc(C(C)(C)C#N)c2)ccc1C. The molecular weight excluding hydrogens is 286 g/mol. The van der Waals surface area contributed by atoms with Crippen molar-refractivity contribution in [3.63, 3.8) is 0 Å². The molecule has 0 bridgehead atoms. The maximum absolute atomic E-state index is 12.4. The van der Waals surface area contributed by atoms with Crippen LogP contribution >= 0.6 is 0 Å². The molecule has 0 spiro atoms. The Morgan fingerprint density at radius 3 is 2.65 bits per heavy atom. The first-order chi connectivity index (χ1) is 10.9. The van der Waals surface area contributed by atoms with Gasteiger partial charge in [-0.2, -0.15) is 5.26 Å². The van der Waals surface area contributed by atoms with Crippen LogP contribution in [0.15, 0.2) is 47.5 Å². The van der Waals surface area contributed by atoms with Crippen molar-refractivity contribution in [2.24, 2.45) is 4.99 Å². The molecule has 2 rings (SSSR count). The number of carbonyl (C=O) groups excluding carboxylic acids is 1. The van der Waals surface area contributed by atoms with Gasteiger partial charge in [-0.25, -0.2) is 0 Å². The van der Waals surface area contributed by atoms with Gasteiger partial charge in [-0.3, -0.25) is 9.79 Å². The summed E-state index contributed by atoms with van der Waals surface area (Å²) in [4.78, 5) is 16.3. The third-order valence-electron chi connectivity index (χ3n) is 3.76. The molecule has 0 atom stereocenters. The Hall–Kier alpha value is -2.93. The van der Waals surface area contributed by atoms with Gasteiger partial charge in [-0.15, -0.1) is 0 Å². The molecule has 2 aromatic carbocycles. The summed E-state index contributed by atoms with van der Waals surface area (Å²) in [6.07, 6.45) is 0. The highest BCUT2D eigenvalue weighted by molar-refractivity contribution is 6.04. The number of nitriles is 1. The van der Waals surface area contributed by atoms with Gasteiger partial charge >= 0.3 is 0 Å². The van der Waals surface area contributed by atoms with Crippen LogP contribution in [0, 0.1) is 18.3 Å². The van der Waals surface area contributed by atoms with E-state index < -0.39 is 5.41 Å². The van der Waals surface area contributed by atoms with E-state index >= 15 is 0 Å². The van der Waals surface area contributed by atoms with Gasteiger partial charge in [0.2, 0.25) is 0 Å². The molecule has 1 N–H and O–H groups in total. The maximum Gasteiger partial charge on any atom is 0.255 e. The molecule has 0 aromatic heterocycles. The van der Waals surface area contributed by atoms with E-state index in [4.69, 9.17) is 0 Å². The van der Waals surface area contributed by atoms with Crippen molar-refractivity contribution >= 4 is 24.0 Å². The normalized spacial score (nSPS) is 10.7. The first-order valence-corrected chi connectivity index (χ1v) is 7.28. The number of aliphatic imine (C=N–C) groups is 1. The highest BCUT2D eigenvalue weighted by atomic mass is 16.1. The summed E-state index contributed by atoms with van der Waals surface area (Å²) in [5.74, 6) is -0.221. The predicted octanol–water partition coefficient (Wildman–Crippen LogP) is 4.38. The van der Waals surface area contributed by atoms with Crippen LogP contribution in [0.5, 0.6) is 0 Å². The third-order valence-corrected chi connectivity index (χ3v) is 3.76. The fourth-order valence-corrected chi connectivity index (χ4v) is 2.17. The molecule has 0 aliphatic rings. The molecule has 4 heteroatoms. The van der Waals surface area contributed by atoms with Crippen molar-refractivity contribution in [3.8, 4) is 6.07 Å². The summed E-state index contributed by atoms with van der Waals surface area (Å²) in [6, 6.07) is 14.9. The average molecular weight is 305 g/mol. The van der Waals surface area contributed by atoms with Crippen LogP contribution < -0.4 is 5.32 Å². The molecule has 116 valence electrons. The number of carbonyl (C=O) groups is 1. The van der Waals surface area contributed by atoms with Crippen molar-refractivity contribution < 1.29 is 4.79 Å². The fourth-order valence-electron chi connectivity index (χ4n) is 2.17. The summed E-state index contributed by atoms with van der Waals surface area (Å²) in [5, 5.41) is 12.1. The highest BCUT2D eigenvalue weighted by Crippen LogP contribution is 2.25. The van der Waals surface area contributed by atoms with Crippen molar-refractivity contribution in [1.29, 1.82) is 5.26 Å². The van der Waals surface area contributed by atoms with E-state index in [9.17, 15) is 10.1 Å². The van der Waals surface area contributed by atoms with Crippen molar-refractivity contribution in [2.75, 3.05) is 5.32 Å². The third kappa shape index (κ3) is 3.64. The van der Waals surface area contributed by atoms with E-state index in [0.717, 1.165) is 11.1 Å². The molecule has 1 amide bonds. The molecule has 0 fully saturated rings. The summed E-state index contributed by atoms with van der Waals surface area (Å²) in [5.41, 5.74) is 3.08. The van der Waals surface area contributed by atoms with E-state index in [1.807, 2.05) is 45.0 Å². The Bertz CT molecular complexity index is 801. The van der Waals surface area contributed by atoms with Gasteiger partial charge in [0, 0.05) is 11.3 Å². The highest BCUT2D eigenvalue weighted by Gasteiger charge is 2.20. The first-order valence-electron chi connectivity index (χ1n) is 7.28. The van der Waals surface area contributed by atoms with Crippen LogP contribution in [0.4, 0.5) is 11.4 Å². The van der Waals surface area contributed by atoms with Crippen LogP contribution in [-0.4, -0.2) is 12.6 Å². The first kappa shape index (κ1) is 16.4. The minimum Gasteiger partial charge on any atom is -0.322 e. The Morgan fingerprint density at radius 1 is 1.26 bits per heavy atom. The molecule has 0 heterocycles. The number of aryl methyl sites for hydroxylation is 1. The molecular formula is C19H19N3O. The number of hydrogen-bond acceptors (Lipinski definition) is 3. The molecule has 0 radical (unpaired) electrons. The standard InChI is InChI=1S/C19H19N3O/c1-13-8-9-14(10-17(13)21-4)18(23)22-16-7-5-6-15(11-16)19(2,3)12-20/h5-11H,4H2,1-3H3,(H,22,23). The van der Waals surface area contributed by atoms with Gasteiger partial charge < -0.3 is 5.32 Å². The second-order valence-corrected chi connectivity index (χ2v) is 5.93. The van der Waals surface area contributed by atoms with Gasteiger partial charge in [0.15, 0.2) is 0 Å². The van der Waals surface area contributed by atoms with E-state index in [1.165, 1.54) is 0 Å². The number of benzene rings is 2. The minimum atomic E-state index is -0.607. The van der Waals surface area contributed by atoms with Crippen LogP contribution in [0.3, 0.4) is 0 Å². The number of amides is 1. The quantitative estimate of drug-likeness (QED) is 0.852. The topological polar surface area (TPSA) is 65.2 Å². The second-order valence-electron chi connectivity index (χ2n) is 5.93. The van der Waals surface area contributed by atoms with Crippen LogP contribution in [0.25, 0.3) is 0 Å². The zero-order valence-electron chi connectivity index (χ0n) is 13.6. The number of nitrogens with one attached hydrogen (secondary N) is 1. The molecule has 0 saturated heterocycles. The number of hydrogen-bond donors (Lipinski definition) is 1. The summed E-state index contributed by atoms with van der Waals surface area (Å²) in [6.45, 7) is 9.11. The van der Waals surface area contributed by atoms with Gasteiger partial charge in [-0.1, -0.05) is 18.2 Å². The van der Waals surface area contributed by atoms with Gasteiger partial charge in [0.25, 0.3) is 5.91 Å². The van der Waals surface area contributed by atoms with Crippen molar-refractivity contribution in [2.45, 2.75) is 26.2 Å². The van der Waals surface area contributed by atoms with Gasteiger partial charge in [0.05, 0.1) is 17.2 Å². The monoisotopic (exact) mass is 305 g/mol.